The number of carbonyl (C=O) groups excluding carboxylic acids is 1. The molecule has 2 aromatic rings. The van der Waals surface area contributed by atoms with Crippen LogP contribution >= 0.6 is 0 Å². The average molecular weight is 351 g/mol. The van der Waals surface area contributed by atoms with Crippen molar-refractivity contribution in [3.63, 3.8) is 0 Å². The summed E-state index contributed by atoms with van der Waals surface area (Å²) in [7, 11) is 4.14. The summed E-state index contributed by atoms with van der Waals surface area (Å²) in [5, 5.41) is 6.53. The summed E-state index contributed by atoms with van der Waals surface area (Å²) in [5.74, 6) is 0.0669. The van der Waals surface area contributed by atoms with Crippen LogP contribution in [0.4, 0.5) is 0 Å². The Bertz CT molecular complexity index is 714. The van der Waals surface area contributed by atoms with Gasteiger partial charge in [0.15, 0.2) is 0 Å². The largest absolute Gasteiger partial charge is 0.348 e. The molecule has 4 nitrogen and oxygen atoms in total. The maximum absolute atomic E-state index is 12.4. The number of benzene rings is 2. The number of hydrogen-bond acceptors (Lipinski definition) is 3. The zero-order chi connectivity index (χ0) is 18.4. The van der Waals surface area contributed by atoms with Crippen molar-refractivity contribution in [1.29, 1.82) is 0 Å². The van der Waals surface area contributed by atoms with Crippen molar-refractivity contribution in [2.45, 2.75) is 31.3 Å². The molecule has 0 saturated carbocycles. The molecule has 138 valence electrons. The van der Waals surface area contributed by atoms with Crippen LogP contribution in [0.3, 0.4) is 0 Å². The molecule has 0 heterocycles. The van der Waals surface area contributed by atoms with E-state index in [1.54, 1.807) is 0 Å². The molecule has 2 unspecified atom stereocenters. The maximum atomic E-state index is 12.4. The summed E-state index contributed by atoms with van der Waals surface area (Å²) in [4.78, 5) is 14.6. The molecule has 0 saturated heterocycles. The van der Waals surface area contributed by atoms with E-state index in [4.69, 9.17) is 0 Å². The van der Waals surface area contributed by atoms with Gasteiger partial charge in [-0.15, -0.1) is 0 Å². The number of carbonyl (C=O) groups is 1. The lowest BCUT2D eigenvalue weighted by Crippen LogP contribution is -2.40. The van der Waals surface area contributed by atoms with Gasteiger partial charge in [-0.05, 0) is 50.0 Å². The Morgan fingerprint density at radius 2 is 1.85 bits per heavy atom. The molecule has 2 N–H and O–H groups in total. The second-order valence-corrected chi connectivity index (χ2v) is 7.23. The molecule has 1 aliphatic carbocycles. The Kier molecular flexibility index (Phi) is 6.42. The number of hydrogen-bond donors (Lipinski definition) is 2. The molecule has 2 atom stereocenters. The van der Waals surface area contributed by atoms with Crippen LogP contribution in [0, 0.1) is 0 Å². The first kappa shape index (κ1) is 18.6. The molecule has 0 bridgehead atoms. The van der Waals surface area contributed by atoms with Crippen molar-refractivity contribution < 1.29 is 4.79 Å². The standard InChI is InChI=1S/C22H29N3O/c1-25(2)21(18-10-4-3-5-11-18)15-23-16-22(26)24-20-14-8-12-17-9-6-7-13-19(17)20/h3-7,9-11,13,20-21,23H,8,12,14-16H2,1-2H3,(H,24,26). The predicted molar refractivity (Wildman–Crippen MR) is 106 cm³/mol. The van der Waals surface area contributed by atoms with Gasteiger partial charge in [0, 0.05) is 12.6 Å². The predicted octanol–water partition coefficient (Wildman–Crippen LogP) is 3.07. The van der Waals surface area contributed by atoms with Crippen LogP contribution in [0.15, 0.2) is 54.6 Å². The first-order chi connectivity index (χ1) is 12.6. The van der Waals surface area contributed by atoms with E-state index >= 15 is 0 Å². The van der Waals surface area contributed by atoms with E-state index in [1.807, 2.05) is 6.07 Å². The van der Waals surface area contributed by atoms with Crippen LogP contribution in [0.5, 0.6) is 0 Å². The van der Waals surface area contributed by atoms with Crippen molar-refractivity contribution in [2.75, 3.05) is 27.2 Å². The van der Waals surface area contributed by atoms with Gasteiger partial charge in [0.2, 0.25) is 5.91 Å². The summed E-state index contributed by atoms with van der Waals surface area (Å²) >= 11 is 0. The Labute approximate surface area is 156 Å². The minimum atomic E-state index is 0.0669. The molecular weight excluding hydrogens is 322 g/mol. The van der Waals surface area contributed by atoms with E-state index in [1.165, 1.54) is 16.7 Å². The molecule has 0 aromatic heterocycles. The van der Waals surface area contributed by atoms with E-state index in [2.05, 4.69) is 78.2 Å². The lowest BCUT2D eigenvalue weighted by atomic mass is 9.88. The van der Waals surface area contributed by atoms with Crippen LogP contribution < -0.4 is 10.6 Å². The summed E-state index contributed by atoms with van der Waals surface area (Å²) < 4.78 is 0. The molecule has 1 aliphatic rings. The van der Waals surface area contributed by atoms with Gasteiger partial charge in [-0.2, -0.15) is 0 Å². The second-order valence-electron chi connectivity index (χ2n) is 7.23. The molecule has 3 rings (SSSR count). The van der Waals surface area contributed by atoms with Gasteiger partial charge in [-0.25, -0.2) is 0 Å². The molecule has 4 heteroatoms. The quantitative estimate of drug-likeness (QED) is 0.806. The van der Waals surface area contributed by atoms with Crippen LogP contribution in [0.2, 0.25) is 0 Å². The molecule has 26 heavy (non-hydrogen) atoms. The van der Waals surface area contributed by atoms with Gasteiger partial charge in [0.1, 0.15) is 0 Å². The average Bonchev–Trinajstić information content (AvgIpc) is 2.66. The summed E-state index contributed by atoms with van der Waals surface area (Å²) in [6.07, 6.45) is 3.27. The molecular formula is C22H29N3O. The fourth-order valence-corrected chi connectivity index (χ4v) is 3.75. The molecule has 0 fully saturated rings. The van der Waals surface area contributed by atoms with E-state index in [0.717, 1.165) is 25.8 Å². The highest BCUT2D eigenvalue weighted by Crippen LogP contribution is 2.29. The number of nitrogens with zero attached hydrogens (tertiary/aromatic N) is 1. The zero-order valence-electron chi connectivity index (χ0n) is 15.7. The molecule has 0 radical (unpaired) electrons. The number of likely N-dealkylation sites (N-methyl/N-ethyl adjacent to an activating group) is 1. The number of aryl methyl sites for hydroxylation is 1. The maximum Gasteiger partial charge on any atom is 0.234 e. The smallest absolute Gasteiger partial charge is 0.234 e. The highest BCUT2D eigenvalue weighted by Gasteiger charge is 2.21. The van der Waals surface area contributed by atoms with Crippen LogP contribution in [0.1, 0.15) is 41.6 Å². The lowest BCUT2D eigenvalue weighted by molar-refractivity contribution is -0.121. The fourth-order valence-electron chi connectivity index (χ4n) is 3.75. The highest BCUT2D eigenvalue weighted by atomic mass is 16.1. The van der Waals surface area contributed by atoms with Crippen LogP contribution in [-0.2, 0) is 11.2 Å². The first-order valence-corrected chi connectivity index (χ1v) is 9.44. The summed E-state index contributed by atoms with van der Waals surface area (Å²) in [6.45, 7) is 1.08. The van der Waals surface area contributed by atoms with E-state index in [-0.39, 0.29) is 18.0 Å². The van der Waals surface area contributed by atoms with Crippen molar-refractivity contribution in [3.05, 3.63) is 71.3 Å². The third-order valence-electron chi connectivity index (χ3n) is 5.14. The number of rotatable bonds is 7. The van der Waals surface area contributed by atoms with Crippen LogP contribution in [-0.4, -0.2) is 38.0 Å². The van der Waals surface area contributed by atoms with Crippen molar-refractivity contribution in [3.8, 4) is 0 Å². The normalized spacial score (nSPS) is 17.6. The van der Waals surface area contributed by atoms with E-state index < -0.39 is 0 Å². The van der Waals surface area contributed by atoms with Gasteiger partial charge in [-0.1, -0.05) is 54.6 Å². The van der Waals surface area contributed by atoms with Crippen molar-refractivity contribution in [1.82, 2.24) is 15.5 Å². The number of fused-ring (bicyclic) bond motifs is 1. The van der Waals surface area contributed by atoms with Crippen molar-refractivity contribution in [2.24, 2.45) is 0 Å². The van der Waals surface area contributed by atoms with Crippen molar-refractivity contribution >= 4 is 5.91 Å². The minimum Gasteiger partial charge on any atom is -0.348 e. The lowest BCUT2D eigenvalue weighted by Gasteiger charge is -2.27. The molecule has 1 amide bonds. The zero-order valence-corrected chi connectivity index (χ0v) is 15.7. The number of amides is 1. The van der Waals surface area contributed by atoms with Gasteiger partial charge in [0.25, 0.3) is 0 Å². The van der Waals surface area contributed by atoms with E-state index in [9.17, 15) is 4.79 Å². The number of nitrogens with one attached hydrogen (secondary N) is 2. The third kappa shape index (κ3) is 4.71. The van der Waals surface area contributed by atoms with Gasteiger partial charge in [-0.3, -0.25) is 4.79 Å². The third-order valence-corrected chi connectivity index (χ3v) is 5.14. The Balaban J connectivity index is 1.52. The van der Waals surface area contributed by atoms with Gasteiger partial charge < -0.3 is 15.5 Å². The Hall–Kier alpha value is -2.17. The second kappa shape index (κ2) is 8.97. The molecule has 2 aromatic carbocycles. The monoisotopic (exact) mass is 351 g/mol. The SMILES string of the molecule is CN(C)C(CNCC(=O)NC1CCCc2ccccc21)c1ccccc1. The van der Waals surface area contributed by atoms with Gasteiger partial charge >= 0.3 is 0 Å². The Morgan fingerprint density at radius 3 is 2.62 bits per heavy atom. The highest BCUT2D eigenvalue weighted by molar-refractivity contribution is 5.78. The van der Waals surface area contributed by atoms with E-state index in [0.29, 0.717) is 6.54 Å². The van der Waals surface area contributed by atoms with Gasteiger partial charge in [0.05, 0.1) is 12.6 Å². The topological polar surface area (TPSA) is 44.4 Å². The summed E-state index contributed by atoms with van der Waals surface area (Å²) in [5.41, 5.74) is 3.91. The first-order valence-electron chi connectivity index (χ1n) is 9.44. The fraction of sp³-hybridized carbons (Fsp3) is 0.409. The Morgan fingerprint density at radius 1 is 1.12 bits per heavy atom. The minimum absolute atomic E-state index is 0.0669. The van der Waals surface area contributed by atoms with Crippen LogP contribution in [0.25, 0.3) is 0 Å². The molecule has 0 spiro atoms. The molecule has 0 aliphatic heterocycles. The summed E-state index contributed by atoms with van der Waals surface area (Å²) in [6, 6.07) is 19.2.